The van der Waals surface area contributed by atoms with Crippen molar-refractivity contribution >= 4 is 17.7 Å². The van der Waals surface area contributed by atoms with Crippen LogP contribution in [0.15, 0.2) is 12.3 Å². The van der Waals surface area contributed by atoms with Crippen molar-refractivity contribution < 1.29 is 18.3 Å². The van der Waals surface area contributed by atoms with E-state index in [0.717, 1.165) is 0 Å². The Morgan fingerprint density at radius 2 is 1.57 bits per heavy atom. The maximum absolute atomic E-state index is 13.6. The van der Waals surface area contributed by atoms with Crippen molar-refractivity contribution in [1.29, 1.82) is 0 Å². The van der Waals surface area contributed by atoms with E-state index < -0.39 is 12.1 Å². The monoisotopic (exact) mass is 393 g/mol. The Morgan fingerprint density at radius 3 is 2.21 bits per heavy atom. The lowest BCUT2D eigenvalue weighted by atomic mass is 10.1. The average Bonchev–Trinajstić information content (AvgIpc) is 2.74. The zero-order chi connectivity index (χ0) is 19.5. The molecule has 2 fully saturated rings. The molecule has 2 aromatic rings. The van der Waals surface area contributed by atoms with Gasteiger partial charge in [0.1, 0.15) is 11.5 Å². The van der Waals surface area contributed by atoms with Gasteiger partial charge in [0, 0.05) is 44.0 Å². The van der Waals surface area contributed by atoms with Gasteiger partial charge in [-0.1, -0.05) is 0 Å². The van der Waals surface area contributed by atoms with Gasteiger partial charge in [-0.05, 0) is 0 Å². The number of hydrogen-bond donors (Lipinski definition) is 1. The van der Waals surface area contributed by atoms with E-state index in [-0.39, 0.29) is 11.5 Å². The summed E-state index contributed by atoms with van der Waals surface area (Å²) in [7, 11) is 0. The Balaban J connectivity index is 1.79. The highest BCUT2D eigenvalue weighted by Gasteiger charge is 2.23. The number of nitrogens with zero attached hydrogens (tertiary/aromatic N) is 6. The largest absolute Gasteiger partial charge is 0.378 e. The summed E-state index contributed by atoms with van der Waals surface area (Å²) in [5.41, 5.74) is 5.56. The summed E-state index contributed by atoms with van der Waals surface area (Å²) in [6.07, 6.45) is -1.51. The summed E-state index contributed by atoms with van der Waals surface area (Å²) < 4.78 is 37.9. The lowest BCUT2D eigenvalue weighted by Crippen LogP contribution is -2.39. The molecule has 4 heterocycles. The first kappa shape index (κ1) is 18.7. The second-order valence-corrected chi connectivity index (χ2v) is 6.44. The van der Waals surface area contributed by atoms with Crippen LogP contribution < -0.4 is 15.5 Å². The van der Waals surface area contributed by atoms with Gasteiger partial charge in [0.2, 0.25) is 11.9 Å². The number of nitrogens with two attached hydrogens (primary N) is 1. The second kappa shape index (κ2) is 8.15. The zero-order valence-corrected chi connectivity index (χ0v) is 15.2. The molecule has 0 aliphatic carbocycles. The van der Waals surface area contributed by atoms with Gasteiger partial charge in [0.05, 0.1) is 32.1 Å². The summed E-state index contributed by atoms with van der Waals surface area (Å²) in [6, 6.07) is 1.69. The van der Waals surface area contributed by atoms with E-state index in [9.17, 15) is 8.78 Å². The molecule has 0 spiro atoms. The van der Waals surface area contributed by atoms with Gasteiger partial charge >= 0.3 is 0 Å². The maximum Gasteiger partial charge on any atom is 0.281 e. The average molecular weight is 393 g/mol. The van der Waals surface area contributed by atoms with E-state index in [1.165, 1.54) is 6.20 Å². The maximum atomic E-state index is 13.6. The third kappa shape index (κ3) is 3.94. The van der Waals surface area contributed by atoms with Crippen molar-refractivity contribution in [3.8, 4) is 11.3 Å². The van der Waals surface area contributed by atoms with Crippen LogP contribution in [0.1, 0.15) is 12.1 Å². The Hall–Kier alpha value is -2.66. The fourth-order valence-electron chi connectivity index (χ4n) is 3.19. The van der Waals surface area contributed by atoms with Crippen LogP contribution >= 0.6 is 0 Å². The Bertz CT molecular complexity index is 791. The van der Waals surface area contributed by atoms with Crippen molar-refractivity contribution in [2.24, 2.45) is 0 Å². The number of alkyl halides is 2. The van der Waals surface area contributed by atoms with E-state index in [0.29, 0.717) is 70.1 Å². The SMILES string of the molecule is Nc1ncc(-c2cc(N3CCOCC3)nc(N3CCOCC3)n2)c(C(F)F)n1. The molecule has 9 nitrogen and oxygen atoms in total. The van der Waals surface area contributed by atoms with Gasteiger partial charge in [-0.25, -0.2) is 23.7 Å². The molecule has 0 saturated carbocycles. The lowest BCUT2D eigenvalue weighted by Gasteiger charge is -2.31. The minimum absolute atomic E-state index is 0.149. The van der Waals surface area contributed by atoms with Crippen LogP contribution in [0.2, 0.25) is 0 Å². The van der Waals surface area contributed by atoms with Crippen LogP contribution in [0.5, 0.6) is 0 Å². The van der Waals surface area contributed by atoms with Gasteiger partial charge in [0.15, 0.2) is 0 Å². The van der Waals surface area contributed by atoms with Crippen LogP contribution in [0.3, 0.4) is 0 Å². The fraction of sp³-hybridized carbons (Fsp3) is 0.529. The van der Waals surface area contributed by atoms with E-state index >= 15 is 0 Å². The molecule has 2 saturated heterocycles. The van der Waals surface area contributed by atoms with Gasteiger partial charge in [-0.2, -0.15) is 4.98 Å². The molecule has 0 radical (unpaired) electrons. The van der Waals surface area contributed by atoms with Gasteiger partial charge < -0.3 is 25.0 Å². The zero-order valence-electron chi connectivity index (χ0n) is 15.2. The predicted octanol–water partition coefficient (Wildman–Crippen LogP) is 1.13. The Labute approximate surface area is 160 Å². The van der Waals surface area contributed by atoms with Crippen molar-refractivity contribution in [2.45, 2.75) is 6.43 Å². The summed E-state index contributed by atoms with van der Waals surface area (Å²) in [4.78, 5) is 20.9. The first-order chi connectivity index (χ1) is 13.6. The number of nitrogen functional groups attached to an aromatic ring is 1. The molecule has 11 heteroatoms. The Morgan fingerprint density at radius 1 is 0.929 bits per heavy atom. The molecule has 4 rings (SSSR count). The molecule has 0 unspecified atom stereocenters. The van der Waals surface area contributed by atoms with Crippen LogP contribution in [0, 0.1) is 0 Å². The summed E-state index contributed by atoms with van der Waals surface area (Å²) >= 11 is 0. The quantitative estimate of drug-likeness (QED) is 0.819. The third-order valence-corrected chi connectivity index (χ3v) is 4.65. The lowest BCUT2D eigenvalue weighted by molar-refractivity contribution is 0.121. The number of aromatic nitrogens is 4. The van der Waals surface area contributed by atoms with Crippen LogP contribution in [0.25, 0.3) is 11.3 Å². The van der Waals surface area contributed by atoms with E-state index in [1.54, 1.807) is 6.07 Å². The van der Waals surface area contributed by atoms with Crippen molar-refractivity contribution in [3.63, 3.8) is 0 Å². The van der Waals surface area contributed by atoms with Crippen LogP contribution in [-0.4, -0.2) is 72.5 Å². The van der Waals surface area contributed by atoms with Crippen LogP contribution in [-0.2, 0) is 9.47 Å². The summed E-state index contributed by atoms with van der Waals surface area (Å²) in [5.74, 6) is 0.932. The highest BCUT2D eigenvalue weighted by molar-refractivity contribution is 5.67. The van der Waals surface area contributed by atoms with E-state index in [2.05, 4.69) is 24.8 Å². The van der Waals surface area contributed by atoms with Crippen molar-refractivity contribution in [3.05, 3.63) is 18.0 Å². The predicted molar refractivity (Wildman–Crippen MR) is 98.5 cm³/mol. The number of rotatable bonds is 4. The minimum Gasteiger partial charge on any atom is -0.378 e. The molecule has 0 amide bonds. The third-order valence-electron chi connectivity index (χ3n) is 4.65. The first-order valence-electron chi connectivity index (χ1n) is 9.07. The molecule has 2 N–H and O–H groups in total. The van der Waals surface area contributed by atoms with Gasteiger partial charge in [-0.3, -0.25) is 0 Å². The van der Waals surface area contributed by atoms with E-state index in [1.807, 2.05) is 4.90 Å². The molecular weight excluding hydrogens is 372 g/mol. The first-order valence-corrected chi connectivity index (χ1v) is 9.07. The molecule has 0 bridgehead atoms. The Kier molecular flexibility index (Phi) is 5.44. The smallest absolute Gasteiger partial charge is 0.281 e. The fourth-order valence-corrected chi connectivity index (χ4v) is 3.19. The molecule has 0 aromatic carbocycles. The summed E-state index contributed by atoms with van der Waals surface area (Å²) in [5, 5.41) is 0. The number of anilines is 3. The molecule has 0 atom stereocenters. The van der Waals surface area contributed by atoms with Crippen LogP contribution in [0.4, 0.5) is 26.5 Å². The van der Waals surface area contributed by atoms with Crippen molar-refractivity contribution in [1.82, 2.24) is 19.9 Å². The molecule has 2 aromatic heterocycles. The van der Waals surface area contributed by atoms with E-state index in [4.69, 9.17) is 15.2 Å². The number of hydrogen-bond acceptors (Lipinski definition) is 9. The number of morpholine rings is 2. The molecule has 150 valence electrons. The van der Waals surface area contributed by atoms with Crippen molar-refractivity contribution in [2.75, 3.05) is 68.1 Å². The second-order valence-electron chi connectivity index (χ2n) is 6.44. The van der Waals surface area contributed by atoms with Gasteiger partial charge in [-0.15, -0.1) is 0 Å². The number of halogens is 2. The number of ether oxygens (including phenoxy) is 2. The molecule has 2 aliphatic heterocycles. The highest BCUT2D eigenvalue weighted by atomic mass is 19.3. The molecular formula is C17H21F2N7O2. The summed E-state index contributed by atoms with van der Waals surface area (Å²) in [6.45, 7) is 4.89. The topological polar surface area (TPSA) is 103 Å². The molecule has 28 heavy (non-hydrogen) atoms. The minimum atomic E-state index is -2.80. The standard InChI is InChI=1S/C17H21F2N7O2/c18-15(19)14-11(10-21-16(20)24-14)12-9-13(25-1-5-27-6-2-25)23-17(22-12)26-3-7-28-8-4-26/h9-10,15H,1-8H2,(H2,20,21,24). The molecule has 2 aliphatic rings. The normalized spacial score (nSPS) is 18.0. The van der Waals surface area contributed by atoms with Gasteiger partial charge in [0.25, 0.3) is 6.43 Å². The highest BCUT2D eigenvalue weighted by Crippen LogP contribution is 2.31.